The minimum absolute atomic E-state index is 0.802. The van der Waals surface area contributed by atoms with Gasteiger partial charge < -0.3 is 0 Å². The first-order valence-electron chi connectivity index (χ1n) is 4.68. The Kier molecular flexibility index (Phi) is 5.28. The molecule has 2 heteroatoms. The average Bonchev–Trinajstić information content (AvgIpc) is 2.18. The third-order valence-corrected chi connectivity index (χ3v) is 2.71. The number of alkyl halides is 1. The highest BCUT2D eigenvalue weighted by atomic mass is 79.9. The molecule has 0 aliphatic rings. The van der Waals surface area contributed by atoms with Gasteiger partial charge in [-0.2, -0.15) is 0 Å². The second kappa shape index (κ2) is 6.26. The summed E-state index contributed by atoms with van der Waals surface area (Å²) in [5.74, 6) is 0. The molecule has 1 aromatic carbocycles. The molecule has 0 N–H and O–H groups in total. The monoisotopic (exact) mass is 272 g/mol. The summed E-state index contributed by atoms with van der Waals surface area (Å²) in [6, 6.07) is 8.03. The number of hydrogen-bond donors (Lipinski definition) is 0. The van der Waals surface area contributed by atoms with Crippen LogP contribution in [0, 0.1) is 0 Å². The Bertz CT molecular complexity index is 301. The maximum absolute atomic E-state index is 5.81. The van der Waals surface area contributed by atoms with Crippen molar-refractivity contribution in [1.29, 1.82) is 0 Å². The highest BCUT2D eigenvalue weighted by molar-refractivity contribution is 9.09. The Morgan fingerprint density at radius 2 is 2.00 bits per heavy atom. The van der Waals surface area contributed by atoms with Gasteiger partial charge in [-0.15, -0.1) is 0 Å². The minimum atomic E-state index is 0.802. The maximum atomic E-state index is 5.81. The van der Waals surface area contributed by atoms with E-state index in [2.05, 4.69) is 41.1 Å². The largest absolute Gasteiger partial charge is 0.0925 e. The topological polar surface area (TPSA) is 0 Å². The summed E-state index contributed by atoms with van der Waals surface area (Å²) < 4.78 is 0. The summed E-state index contributed by atoms with van der Waals surface area (Å²) in [5.41, 5.74) is 2.73. The average molecular weight is 274 g/mol. The van der Waals surface area contributed by atoms with Crippen LogP contribution in [0.1, 0.15) is 18.9 Å². The van der Waals surface area contributed by atoms with Gasteiger partial charge in [0.2, 0.25) is 0 Å². The summed E-state index contributed by atoms with van der Waals surface area (Å²) in [7, 11) is 0. The van der Waals surface area contributed by atoms with Crippen LogP contribution < -0.4 is 0 Å². The summed E-state index contributed by atoms with van der Waals surface area (Å²) in [6.07, 6.45) is 4.38. The van der Waals surface area contributed by atoms with Crippen LogP contribution in [0.4, 0.5) is 0 Å². The van der Waals surface area contributed by atoms with Gasteiger partial charge in [0.25, 0.3) is 0 Å². The molecule has 0 heterocycles. The Balaban J connectivity index is 2.56. The van der Waals surface area contributed by atoms with Gasteiger partial charge in [-0.1, -0.05) is 51.3 Å². The van der Waals surface area contributed by atoms with Crippen molar-refractivity contribution in [2.75, 3.05) is 5.33 Å². The molecule has 0 saturated heterocycles. The molecule has 0 atom stereocenters. The quantitative estimate of drug-likeness (QED) is 0.555. The van der Waals surface area contributed by atoms with Gasteiger partial charge in [0.1, 0.15) is 0 Å². The molecule has 0 aliphatic heterocycles. The summed E-state index contributed by atoms with van der Waals surface area (Å²) in [4.78, 5) is 0. The van der Waals surface area contributed by atoms with E-state index in [0.29, 0.717) is 0 Å². The van der Waals surface area contributed by atoms with Gasteiger partial charge in [-0.25, -0.2) is 0 Å². The molecule has 0 amide bonds. The fourth-order valence-electron chi connectivity index (χ4n) is 1.30. The molecule has 1 rings (SSSR count). The van der Waals surface area contributed by atoms with Crippen molar-refractivity contribution in [1.82, 2.24) is 0 Å². The fourth-order valence-corrected chi connectivity index (χ4v) is 1.65. The molecule has 0 saturated carbocycles. The maximum Gasteiger partial charge on any atom is 0.0406 e. The van der Waals surface area contributed by atoms with E-state index in [4.69, 9.17) is 11.6 Å². The predicted octanol–water partition coefficient (Wildman–Crippen LogP) is 4.61. The fraction of sp³-hybridized carbons (Fsp3) is 0.333. The van der Waals surface area contributed by atoms with Crippen LogP contribution in [-0.2, 0) is 6.42 Å². The molecule has 76 valence electrons. The number of halogens is 2. The molecule has 1 aromatic rings. The second-order valence-corrected chi connectivity index (χ2v) is 4.56. The lowest BCUT2D eigenvalue weighted by Gasteiger charge is -2.01. The van der Waals surface area contributed by atoms with Crippen LogP contribution in [0.2, 0.25) is 5.02 Å². The Morgan fingerprint density at radius 3 is 2.57 bits per heavy atom. The number of hydrogen-bond acceptors (Lipinski definition) is 0. The van der Waals surface area contributed by atoms with Gasteiger partial charge in [-0.3, -0.25) is 0 Å². The molecule has 14 heavy (non-hydrogen) atoms. The van der Waals surface area contributed by atoms with Crippen molar-refractivity contribution >= 4 is 27.5 Å². The first kappa shape index (κ1) is 11.8. The van der Waals surface area contributed by atoms with E-state index in [-0.39, 0.29) is 0 Å². The van der Waals surface area contributed by atoms with Crippen molar-refractivity contribution in [3.63, 3.8) is 0 Å². The zero-order valence-electron chi connectivity index (χ0n) is 8.26. The van der Waals surface area contributed by atoms with E-state index < -0.39 is 0 Å². The Morgan fingerprint density at radius 1 is 1.36 bits per heavy atom. The smallest absolute Gasteiger partial charge is 0.0406 e. The van der Waals surface area contributed by atoms with Crippen molar-refractivity contribution in [3.05, 3.63) is 46.5 Å². The van der Waals surface area contributed by atoms with E-state index in [0.717, 1.165) is 23.2 Å². The van der Waals surface area contributed by atoms with Crippen LogP contribution in [0.25, 0.3) is 0 Å². The molecular weight excluding hydrogens is 259 g/mol. The molecular formula is C12H14BrCl. The summed E-state index contributed by atoms with van der Waals surface area (Å²) >= 11 is 9.22. The van der Waals surface area contributed by atoms with Gasteiger partial charge >= 0.3 is 0 Å². The highest BCUT2D eigenvalue weighted by Gasteiger charge is 1.94. The first-order valence-corrected chi connectivity index (χ1v) is 6.18. The number of benzene rings is 1. The lowest BCUT2D eigenvalue weighted by atomic mass is 10.1. The molecule has 0 spiro atoms. The SMILES string of the molecule is CC(=CCCBr)Cc1ccc(Cl)cc1. The number of rotatable bonds is 4. The molecule has 0 bridgehead atoms. The van der Waals surface area contributed by atoms with Crippen molar-refractivity contribution < 1.29 is 0 Å². The van der Waals surface area contributed by atoms with Gasteiger partial charge in [-0.05, 0) is 37.5 Å². The van der Waals surface area contributed by atoms with E-state index in [1.807, 2.05) is 12.1 Å². The molecule has 0 fully saturated rings. The Labute approximate surface area is 99.1 Å². The van der Waals surface area contributed by atoms with Crippen LogP contribution in [0.5, 0.6) is 0 Å². The van der Waals surface area contributed by atoms with E-state index in [9.17, 15) is 0 Å². The first-order chi connectivity index (χ1) is 6.72. The minimum Gasteiger partial charge on any atom is -0.0925 e. The van der Waals surface area contributed by atoms with Crippen molar-refractivity contribution in [3.8, 4) is 0 Å². The van der Waals surface area contributed by atoms with Gasteiger partial charge in [0.15, 0.2) is 0 Å². The third kappa shape index (κ3) is 4.30. The Hall–Kier alpha value is -0.270. The van der Waals surface area contributed by atoms with Crippen LogP contribution in [-0.4, -0.2) is 5.33 Å². The molecule has 0 aliphatic carbocycles. The second-order valence-electron chi connectivity index (χ2n) is 3.33. The summed E-state index contributed by atoms with van der Waals surface area (Å²) in [5, 5.41) is 1.83. The zero-order valence-corrected chi connectivity index (χ0v) is 10.6. The lowest BCUT2D eigenvalue weighted by molar-refractivity contribution is 1.10. The summed E-state index contributed by atoms with van der Waals surface area (Å²) in [6.45, 7) is 2.16. The van der Waals surface area contributed by atoms with Crippen molar-refractivity contribution in [2.24, 2.45) is 0 Å². The highest BCUT2D eigenvalue weighted by Crippen LogP contribution is 2.13. The zero-order chi connectivity index (χ0) is 10.4. The third-order valence-electron chi connectivity index (χ3n) is 2.00. The van der Waals surface area contributed by atoms with Gasteiger partial charge in [0.05, 0.1) is 0 Å². The van der Waals surface area contributed by atoms with Crippen LogP contribution in [0.15, 0.2) is 35.9 Å². The molecule has 0 aromatic heterocycles. The lowest BCUT2D eigenvalue weighted by Crippen LogP contribution is -1.86. The molecule has 0 radical (unpaired) electrons. The molecule has 0 nitrogen and oxygen atoms in total. The normalized spacial score (nSPS) is 11.8. The van der Waals surface area contributed by atoms with E-state index in [1.54, 1.807) is 0 Å². The predicted molar refractivity (Wildman–Crippen MR) is 67.3 cm³/mol. The standard InChI is InChI=1S/C12H14BrCl/c1-10(3-2-8-13)9-11-4-6-12(14)7-5-11/h3-7H,2,8-9H2,1H3. The van der Waals surface area contributed by atoms with Crippen molar-refractivity contribution in [2.45, 2.75) is 19.8 Å². The van der Waals surface area contributed by atoms with Crippen LogP contribution in [0.3, 0.4) is 0 Å². The van der Waals surface area contributed by atoms with Crippen LogP contribution >= 0.6 is 27.5 Å². The van der Waals surface area contributed by atoms with E-state index in [1.165, 1.54) is 11.1 Å². The molecule has 0 unspecified atom stereocenters. The van der Waals surface area contributed by atoms with E-state index >= 15 is 0 Å². The number of allylic oxidation sites excluding steroid dienone is 2. The van der Waals surface area contributed by atoms with Gasteiger partial charge in [0, 0.05) is 10.4 Å².